The number of ether oxygens (including phenoxy) is 1. The molecule has 31 heavy (non-hydrogen) atoms. The van der Waals surface area contributed by atoms with Crippen molar-refractivity contribution in [2.45, 2.75) is 92.2 Å². The number of nitrogens with zero attached hydrogens (tertiary/aromatic N) is 1. The molecule has 8 heteroatoms. The lowest BCUT2D eigenvalue weighted by atomic mass is 9.75. The molecule has 0 radical (unpaired) electrons. The van der Waals surface area contributed by atoms with Crippen LogP contribution < -0.4 is 5.32 Å². The number of aliphatic hydroxyl groups is 1. The molecule has 0 fully saturated rings. The first-order chi connectivity index (χ1) is 14.1. The Hall–Kier alpha value is -2.38. The number of rotatable bonds is 9. The van der Waals surface area contributed by atoms with Gasteiger partial charge >= 0.3 is 12.1 Å². The smallest absolute Gasteiger partial charge is 0.407 e. The van der Waals surface area contributed by atoms with E-state index in [2.05, 4.69) is 10.3 Å². The van der Waals surface area contributed by atoms with Crippen molar-refractivity contribution in [3.8, 4) is 0 Å². The van der Waals surface area contributed by atoms with E-state index in [1.54, 1.807) is 20.8 Å². The second-order valence-corrected chi connectivity index (χ2v) is 10.4. The summed E-state index contributed by atoms with van der Waals surface area (Å²) in [6.07, 6.45) is 1.02. The van der Waals surface area contributed by atoms with Crippen molar-refractivity contribution in [3.63, 3.8) is 0 Å². The van der Waals surface area contributed by atoms with Crippen LogP contribution in [0.2, 0.25) is 0 Å². The highest BCUT2D eigenvalue weighted by Gasteiger charge is 2.35. The number of aliphatic imine (C=N–C) groups is 1. The molecule has 1 amide bonds. The number of Topliss-reactive ketones (excluding diaryl/α,β-unsaturated/α-hetero) is 1. The number of aliphatic carboxylic acids is 1. The molecular weight excluding hydrogens is 400 g/mol. The fourth-order valence-electron chi connectivity index (χ4n) is 3.45. The second-order valence-electron chi connectivity index (χ2n) is 10.4. The van der Waals surface area contributed by atoms with Crippen molar-refractivity contribution in [2.75, 3.05) is 6.54 Å². The number of carbonyl (C=O) groups excluding carboxylic acids is 2. The standard InChI is InChI=1S/C23H38N2O6/c1-14(2)11-16(19-17(26)12-23(6,7)13-18(19)27)25-15(20(28)29)9-8-10-24-21(30)31-22(3,4)5/h14-15,26H,8-13H2,1-7H3,(H,24,30)(H,28,29)/t15-/m0/s1. The van der Waals surface area contributed by atoms with Crippen LogP contribution in [0.25, 0.3) is 0 Å². The van der Waals surface area contributed by atoms with Gasteiger partial charge in [0.05, 0.1) is 11.3 Å². The van der Waals surface area contributed by atoms with Gasteiger partial charge in [-0.2, -0.15) is 0 Å². The lowest BCUT2D eigenvalue weighted by molar-refractivity contribution is -0.138. The molecular formula is C23H38N2O6. The van der Waals surface area contributed by atoms with Crippen LogP contribution in [0.4, 0.5) is 4.79 Å². The van der Waals surface area contributed by atoms with Crippen LogP contribution in [-0.2, 0) is 14.3 Å². The zero-order valence-electron chi connectivity index (χ0n) is 19.9. The van der Waals surface area contributed by atoms with Crippen LogP contribution in [0.3, 0.4) is 0 Å². The molecule has 0 aromatic rings. The van der Waals surface area contributed by atoms with Gasteiger partial charge < -0.3 is 20.3 Å². The van der Waals surface area contributed by atoms with Crippen LogP contribution in [0.1, 0.15) is 80.6 Å². The van der Waals surface area contributed by atoms with Gasteiger partial charge in [-0.1, -0.05) is 27.7 Å². The van der Waals surface area contributed by atoms with Crippen molar-refractivity contribution in [3.05, 3.63) is 11.3 Å². The zero-order valence-corrected chi connectivity index (χ0v) is 19.9. The van der Waals surface area contributed by atoms with Gasteiger partial charge in [-0.15, -0.1) is 0 Å². The van der Waals surface area contributed by atoms with Crippen molar-refractivity contribution in [1.29, 1.82) is 0 Å². The summed E-state index contributed by atoms with van der Waals surface area (Å²) in [7, 11) is 0. The molecule has 8 nitrogen and oxygen atoms in total. The Morgan fingerprint density at radius 2 is 1.84 bits per heavy atom. The third-order valence-electron chi connectivity index (χ3n) is 4.66. The van der Waals surface area contributed by atoms with Crippen molar-refractivity contribution < 1.29 is 29.3 Å². The van der Waals surface area contributed by atoms with E-state index in [1.165, 1.54) is 0 Å². The minimum absolute atomic E-state index is 0.0172. The molecule has 0 aliphatic heterocycles. The molecule has 0 unspecified atom stereocenters. The number of alkyl carbamates (subject to hydrolysis) is 1. The summed E-state index contributed by atoms with van der Waals surface area (Å²) in [4.78, 5) is 40.7. The van der Waals surface area contributed by atoms with Gasteiger partial charge in [-0.05, 0) is 51.4 Å². The normalized spacial score (nSPS) is 18.2. The van der Waals surface area contributed by atoms with Gasteiger partial charge in [0, 0.05) is 19.4 Å². The highest BCUT2D eigenvalue weighted by molar-refractivity contribution is 6.23. The van der Waals surface area contributed by atoms with Gasteiger partial charge in [-0.3, -0.25) is 9.79 Å². The Morgan fingerprint density at radius 3 is 2.32 bits per heavy atom. The molecule has 0 aromatic heterocycles. The Bertz CT molecular complexity index is 744. The Labute approximate surface area is 185 Å². The fraction of sp³-hybridized carbons (Fsp3) is 0.739. The van der Waals surface area contributed by atoms with E-state index in [-0.39, 0.29) is 47.8 Å². The van der Waals surface area contributed by atoms with E-state index < -0.39 is 23.7 Å². The lowest BCUT2D eigenvalue weighted by Crippen LogP contribution is -2.33. The molecule has 0 saturated carbocycles. The zero-order chi connectivity index (χ0) is 24.0. The first-order valence-electron chi connectivity index (χ1n) is 10.8. The fourth-order valence-corrected chi connectivity index (χ4v) is 3.45. The van der Waals surface area contributed by atoms with Crippen molar-refractivity contribution in [1.82, 2.24) is 5.32 Å². The predicted molar refractivity (Wildman–Crippen MR) is 119 cm³/mol. The number of carboxylic acid groups (broad SMARTS) is 1. The molecule has 1 rings (SSSR count). The van der Waals surface area contributed by atoms with Crippen LogP contribution in [0, 0.1) is 11.3 Å². The van der Waals surface area contributed by atoms with E-state index in [1.807, 2.05) is 27.7 Å². The second kappa shape index (κ2) is 10.8. The Balaban J connectivity index is 2.97. The third kappa shape index (κ3) is 9.53. The number of aliphatic hydroxyl groups excluding tert-OH is 1. The molecule has 0 aromatic carbocycles. The monoisotopic (exact) mass is 438 g/mol. The summed E-state index contributed by atoms with van der Waals surface area (Å²) in [5.74, 6) is -1.20. The quantitative estimate of drug-likeness (QED) is 0.361. The van der Waals surface area contributed by atoms with E-state index in [9.17, 15) is 24.6 Å². The summed E-state index contributed by atoms with van der Waals surface area (Å²) in [5, 5.41) is 22.8. The van der Waals surface area contributed by atoms with E-state index >= 15 is 0 Å². The van der Waals surface area contributed by atoms with Gasteiger partial charge in [0.15, 0.2) is 5.78 Å². The molecule has 0 heterocycles. The summed E-state index contributed by atoms with van der Waals surface area (Å²) in [6.45, 7) is 13.2. The third-order valence-corrected chi connectivity index (χ3v) is 4.66. The summed E-state index contributed by atoms with van der Waals surface area (Å²) in [6, 6.07) is -1.07. The molecule has 3 N–H and O–H groups in total. The molecule has 0 spiro atoms. The first-order valence-corrected chi connectivity index (χ1v) is 10.8. The molecule has 1 aliphatic rings. The number of ketones is 1. The number of amides is 1. The van der Waals surface area contributed by atoms with Gasteiger partial charge in [0.25, 0.3) is 0 Å². The number of hydrogen-bond donors (Lipinski definition) is 3. The van der Waals surface area contributed by atoms with E-state index in [4.69, 9.17) is 4.74 Å². The Kier molecular flexibility index (Phi) is 9.26. The average molecular weight is 439 g/mol. The van der Waals surface area contributed by atoms with Crippen LogP contribution in [-0.4, -0.2) is 52.0 Å². The summed E-state index contributed by atoms with van der Waals surface area (Å²) < 4.78 is 5.15. The first kappa shape index (κ1) is 26.7. The lowest BCUT2D eigenvalue weighted by Gasteiger charge is -2.30. The minimum atomic E-state index is -1.11. The van der Waals surface area contributed by atoms with Gasteiger partial charge in [0.1, 0.15) is 17.4 Å². The molecule has 1 aliphatic carbocycles. The number of allylic oxidation sites excluding steroid dienone is 2. The van der Waals surface area contributed by atoms with Crippen LogP contribution in [0.15, 0.2) is 16.3 Å². The SMILES string of the molecule is CC(C)CC(=N[C@@H](CCCNC(=O)OC(C)(C)C)C(=O)O)C1=C(O)CC(C)(C)CC1=O. The maximum atomic E-state index is 12.7. The molecule has 1 atom stereocenters. The number of hydrogen-bond acceptors (Lipinski definition) is 6. The van der Waals surface area contributed by atoms with Crippen LogP contribution in [0.5, 0.6) is 0 Å². The van der Waals surface area contributed by atoms with Gasteiger partial charge in [-0.25, -0.2) is 9.59 Å². The number of carbonyl (C=O) groups is 3. The van der Waals surface area contributed by atoms with Crippen LogP contribution >= 0.6 is 0 Å². The maximum absolute atomic E-state index is 12.7. The van der Waals surface area contributed by atoms with E-state index in [0.717, 1.165) is 0 Å². The number of nitrogens with one attached hydrogen (secondary N) is 1. The summed E-state index contributed by atoms with van der Waals surface area (Å²) >= 11 is 0. The van der Waals surface area contributed by atoms with Crippen molar-refractivity contribution in [2.24, 2.45) is 16.3 Å². The molecule has 0 bridgehead atoms. The topological polar surface area (TPSA) is 125 Å². The van der Waals surface area contributed by atoms with Crippen molar-refractivity contribution >= 4 is 23.6 Å². The minimum Gasteiger partial charge on any atom is -0.511 e. The molecule has 176 valence electrons. The largest absolute Gasteiger partial charge is 0.511 e. The average Bonchev–Trinajstić information content (AvgIpc) is 2.52. The summed E-state index contributed by atoms with van der Waals surface area (Å²) in [5.41, 5.74) is -0.431. The maximum Gasteiger partial charge on any atom is 0.407 e. The highest BCUT2D eigenvalue weighted by Crippen LogP contribution is 2.37. The predicted octanol–water partition coefficient (Wildman–Crippen LogP) is 4.43. The highest BCUT2D eigenvalue weighted by atomic mass is 16.6. The number of carboxylic acids is 1. The molecule has 0 saturated heterocycles. The Morgan fingerprint density at radius 1 is 1.23 bits per heavy atom. The van der Waals surface area contributed by atoms with Gasteiger partial charge in [0.2, 0.25) is 0 Å². The van der Waals surface area contributed by atoms with E-state index in [0.29, 0.717) is 25.0 Å².